The maximum Gasteiger partial charge on any atom is 0.320 e. The molecule has 2 atom stereocenters. The van der Waals surface area contributed by atoms with Crippen LogP contribution < -0.4 is 10.0 Å². The van der Waals surface area contributed by atoms with Crippen molar-refractivity contribution in [3.8, 4) is 0 Å². The third-order valence-corrected chi connectivity index (χ3v) is 5.23. The average molecular weight is 407 g/mol. The molecule has 0 saturated carbocycles. The van der Waals surface area contributed by atoms with Gasteiger partial charge in [0.2, 0.25) is 10.0 Å². The molecule has 0 unspecified atom stereocenters. The number of hydrogen-bond acceptors (Lipinski definition) is 5. The van der Waals surface area contributed by atoms with Crippen LogP contribution in [0.15, 0.2) is 29.2 Å². The Labute approximate surface area is 157 Å². The van der Waals surface area contributed by atoms with Gasteiger partial charge in [0, 0.05) is 11.6 Å². The lowest BCUT2D eigenvalue weighted by molar-refractivity contribution is -0.143. The van der Waals surface area contributed by atoms with Crippen molar-refractivity contribution in [1.29, 1.82) is 0 Å². The summed E-state index contributed by atoms with van der Waals surface area (Å²) in [5, 5.41) is 21.3. The molecule has 0 heterocycles. The summed E-state index contributed by atoms with van der Waals surface area (Å²) in [6.45, 7) is 3.48. The normalized spacial score (nSPS) is 14.2. The first-order chi connectivity index (χ1) is 12.0. The largest absolute Gasteiger partial charge is 0.480 e. The van der Waals surface area contributed by atoms with Crippen molar-refractivity contribution in [2.45, 2.75) is 43.7 Å². The molecule has 0 spiro atoms. The van der Waals surface area contributed by atoms with E-state index in [1.807, 2.05) is 13.8 Å². The quantitative estimate of drug-likeness (QED) is 0.438. The summed E-state index contributed by atoms with van der Waals surface area (Å²) in [4.78, 5) is 22.6. The summed E-state index contributed by atoms with van der Waals surface area (Å²) in [6.07, 6.45) is 0.143. The van der Waals surface area contributed by atoms with E-state index in [9.17, 15) is 28.2 Å². The number of carboxylic acid groups (broad SMARTS) is 2. The molecule has 146 valence electrons. The summed E-state index contributed by atoms with van der Waals surface area (Å²) >= 11 is 5.77. The van der Waals surface area contributed by atoms with E-state index in [0.717, 1.165) is 0 Å². The van der Waals surface area contributed by atoms with Gasteiger partial charge in [0.25, 0.3) is 0 Å². The molecule has 0 aliphatic rings. The summed E-state index contributed by atoms with van der Waals surface area (Å²) in [5.74, 6) is -2.34. The van der Waals surface area contributed by atoms with Gasteiger partial charge in [-0.15, -0.1) is 0 Å². The zero-order valence-electron chi connectivity index (χ0n) is 14.5. The van der Waals surface area contributed by atoms with Crippen LogP contribution in [0.25, 0.3) is 0 Å². The van der Waals surface area contributed by atoms with Crippen molar-refractivity contribution in [2.75, 3.05) is 6.54 Å². The zero-order valence-corrected chi connectivity index (χ0v) is 16.0. The first-order valence-corrected chi connectivity index (χ1v) is 9.86. The Balaban J connectivity index is 2.71. The van der Waals surface area contributed by atoms with Gasteiger partial charge in [-0.1, -0.05) is 31.5 Å². The van der Waals surface area contributed by atoms with E-state index in [1.54, 1.807) is 0 Å². The Morgan fingerprint density at radius 3 is 2.27 bits per heavy atom. The first kappa shape index (κ1) is 22.4. The van der Waals surface area contributed by atoms with Crippen molar-refractivity contribution < 1.29 is 28.2 Å². The number of carboxylic acids is 2. The van der Waals surface area contributed by atoms with E-state index in [2.05, 4.69) is 10.0 Å². The number of benzene rings is 1. The highest BCUT2D eigenvalue weighted by atomic mass is 35.5. The number of hydrogen-bond donors (Lipinski definition) is 4. The standard InChI is InChI=1S/C16H23ClN2O6S/c1-10(2)8-14(16(22)23)19-13(15(20)21)6-7-18-26(24,25)12-5-3-4-11(17)9-12/h3-5,9-10,13-14,18-19H,6-8H2,1-2H3,(H,20,21)(H,22,23)/t13-,14-/m0/s1. The lowest BCUT2D eigenvalue weighted by atomic mass is 10.0. The van der Waals surface area contributed by atoms with Gasteiger partial charge < -0.3 is 10.2 Å². The molecular formula is C16H23ClN2O6S. The molecule has 0 saturated heterocycles. The van der Waals surface area contributed by atoms with Crippen LogP contribution >= 0.6 is 11.6 Å². The predicted molar refractivity (Wildman–Crippen MR) is 96.7 cm³/mol. The second-order valence-corrected chi connectivity index (χ2v) is 8.43. The number of aliphatic carboxylic acids is 2. The van der Waals surface area contributed by atoms with E-state index in [-0.39, 0.29) is 35.2 Å². The number of sulfonamides is 1. The molecule has 1 aromatic carbocycles. The Morgan fingerprint density at radius 2 is 1.77 bits per heavy atom. The molecule has 0 aromatic heterocycles. The second-order valence-electron chi connectivity index (χ2n) is 6.22. The van der Waals surface area contributed by atoms with Crippen LogP contribution in [-0.2, 0) is 19.6 Å². The summed E-state index contributed by atoms with van der Waals surface area (Å²) < 4.78 is 26.7. The number of carbonyl (C=O) groups is 2. The van der Waals surface area contributed by atoms with Gasteiger partial charge in [-0.25, -0.2) is 13.1 Å². The van der Waals surface area contributed by atoms with Crippen LogP contribution in [0.2, 0.25) is 5.02 Å². The Hall–Kier alpha value is -1.68. The number of rotatable bonds is 11. The third-order valence-electron chi connectivity index (χ3n) is 3.54. The van der Waals surface area contributed by atoms with Crippen LogP contribution in [0.1, 0.15) is 26.7 Å². The van der Waals surface area contributed by atoms with Crippen molar-refractivity contribution in [3.05, 3.63) is 29.3 Å². The third kappa shape index (κ3) is 7.28. The van der Waals surface area contributed by atoms with Crippen LogP contribution in [0, 0.1) is 5.92 Å². The monoisotopic (exact) mass is 406 g/mol. The van der Waals surface area contributed by atoms with E-state index in [4.69, 9.17) is 11.6 Å². The Bertz CT molecular complexity index is 738. The van der Waals surface area contributed by atoms with Crippen LogP contribution in [0.5, 0.6) is 0 Å². The van der Waals surface area contributed by atoms with E-state index < -0.39 is 34.0 Å². The Kier molecular flexibility index (Phi) is 8.48. The molecule has 0 amide bonds. The van der Waals surface area contributed by atoms with Gasteiger partial charge >= 0.3 is 11.9 Å². The highest BCUT2D eigenvalue weighted by molar-refractivity contribution is 7.89. The van der Waals surface area contributed by atoms with Gasteiger partial charge in [-0.05, 0) is 37.0 Å². The molecule has 0 bridgehead atoms. The fourth-order valence-corrected chi connectivity index (χ4v) is 3.64. The summed E-state index contributed by atoms with van der Waals surface area (Å²) in [5.41, 5.74) is 0. The van der Waals surface area contributed by atoms with Crippen molar-refractivity contribution in [2.24, 2.45) is 5.92 Å². The Morgan fingerprint density at radius 1 is 1.15 bits per heavy atom. The summed E-state index contributed by atoms with van der Waals surface area (Å²) in [6, 6.07) is 3.44. The van der Waals surface area contributed by atoms with Gasteiger partial charge in [0.1, 0.15) is 12.1 Å². The fraction of sp³-hybridized carbons (Fsp3) is 0.500. The minimum absolute atomic E-state index is 0.0342. The average Bonchev–Trinajstić information content (AvgIpc) is 2.52. The van der Waals surface area contributed by atoms with Gasteiger partial charge in [0.05, 0.1) is 4.90 Å². The molecule has 26 heavy (non-hydrogen) atoms. The van der Waals surface area contributed by atoms with Gasteiger partial charge in [-0.3, -0.25) is 14.9 Å². The number of nitrogens with one attached hydrogen (secondary N) is 2. The number of halogens is 1. The minimum atomic E-state index is -3.84. The predicted octanol–water partition coefficient (Wildman–Crippen LogP) is 1.55. The van der Waals surface area contributed by atoms with Gasteiger partial charge in [0.15, 0.2) is 0 Å². The second kappa shape index (κ2) is 9.86. The minimum Gasteiger partial charge on any atom is -0.480 e. The summed E-state index contributed by atoms with van der Waals surface area (Å²) in [7, 11) is -3.84. The lowest BCUT2D eigenvalue weighted by Gasteiger charge is -2.21. The highest BCUT2D eigenvalue weighted by Crippen LogP contribution is 2.15. The topological polar surface area (TPSA) is 133 Å². The molecule has 1 aromatic rings. The van der Waals surface area contributed by atoms with Crippen molar-refractivity contribution in [1.82, 2.24) is 10.0 Å². The van der Waals surface area contributed by atoms with Gasteiger partial charge in [-0.2, -0.15) is 0 Å². The van der Waals surface area contributed by atoms with Crippen molar-refractivity contribution in [3.63, 3.8) is 0 Å². The molecular weight excluding hydrogens is 384 g/mol. The van der Waals surface area contributed by atoms with Crippen LogP contribution in [0.4, 0.5) is 0 Å². The maximum atomic E-state index is 12.2. The lowest BCUT2D eigenvalue weighted by Crippen LogP contribution is -2.48. The first-order valence-electron chi connectivity index (χ1n) is 8.00. The fourth-order valence-electron chi connectivity index (χ4n) is 2.29. The maximum absolute atomic E-state index is 12.2. The molecule has 10 heteroatoms. The van der Waals surface area contributed by atoms with E-state index in [0.29, 0.717) is 0 Å². The van der Waals surface area contributed by atoms with E-state index >= 15 is 0 Å². The van der Waals surface area contributed by atoms with Crippen LogP contribution in [0.3, 0.4) is 0 Å². The van der Waals surface area contributed by atoms with Crippen molar-refractivity contribution >= 4 is 33.6 Å². The molecule has 0 aliphatic carbocycles. The molecule has 0 aliphatic heterocycles. The zero-order chi connectivity index (χ0) is 19.9. The highest BCUT2D eigenvalue weighted by Gasteiger charge is 2.27. The van der Waals surface area contributed by atoms with E-state index in [1.165, 1.54) is 24.3 Å². The molecule has 4 N–H and O–H groups in total. The molecule has 0 fully saturated rings. The molecule has 0 radical (unpaired) electrons. The smallest absolute Gasteiger partial charge is 0.320 e. The molecule has 1 rings (SSSR count). The SMILES string of the molecule is CC(C)C[C@H](N[C@@H](CCNS(=O)(=O)c1cccc(Cl)c1)C(=O)O)C(=O)O. The van der Waals surface area contributed by atoms with Crippen LogP contribution in [-0.4, -0.2) is 49.2 Å². The molecule has 8 nitrogen and oxygen atoms in total.